The molecule has 4 heteroatoms. The van der Waals surface area contributed by atoms with E-state index in [4.69, 9.17) is 25.4 Å². The van der Waals surface area contributed by atoms with Gasteiger partial charge in [0.15, 0.2) is 11.6 Å². The van der Waals surface area contributed by atoms with Crippen molar-refractivity contribution in [2.75, 3.05) is 26.4 Å². The third kappa shape index (κ3) is 1.76. The van der Waals surface area contributed by atoms with Crippen molar-refractivity contribution < 1.29 is 18.9 Å². The van der Waals surface area contributed by atoms with Gasteiger partial charge in [-0.2, -0.15) is 0 Å². The molecule has 0 bridgehead atoms. The molecule has 4 nitrogen and oxygen atoms in total. The third-order valence-electron chi connectivity index (χ3n) is 4.97. The highest BCUT2D eigenvalue weighted by molar-refractivity contribution is 5.10. The molecule has 1 saturated carbocycles. The number of terminal acetylenes is 1. The predicted molar refractivity (Wildman–Crippen MR) is 69.3 cm³/mol. The molecule has 0 aromatic rings. The minimum Gasteiger partial charge on any atom is -0.347 e. The van der Waals surface area contributed by atoms with Crippen molar-refractivity contribution in [3.8, 4) is 12.3 Å². The molecular weight excluding hydrogens is 244 g/mol. The Morgan fingerprint density at radius 2 is 1.42 bits per heavy atom. The van der Waals surface area contributed by atoms with Crippen molar-refractivity contribution in [3.63, 3.8) is 0 Å². The zero-order valence-electron chi connectivity index (χ0n) is 11.6. The Morgan fingerprint density at radius 1 is 0.947 bits per heavy atom. The summed E-state index contributed by atoms with van der Waals surface area (Å²) >= 11 is 0. The third-order valence-corrected chi connectivity index (χ3v) is 4.97. The first-order valence-corrected chi connectivity index (χ1v) is 7.17. The molecule has 0 aromatic carbocycles. The van der Waals surface area contributed by atoms with Crippen LogP contribution in [0.1, 0.15) is 39.0 Å². The fourth-order valence-electron chi connectivity index (χ4n) is 3.93. The van der Waals surface area contributed by atoms with Gasteiger partial charge in [0.2, 0.25) is 0 Å². The van der Waals surface area contributed by atoms with E-state index in [1.54, 1.807) is 0 Å². The van der Waals surface area contributed by atoms with Gasteiger partial charge < -0.3 is 18.9 Å². The average Bonchev–Trinajstić information content (AvgIpc) is 3.11. The highest BCUT2D eigenvalue weighted by Gasteiger charge is 2.70. The van der Waals surface area contributed by atoms with E-state index >= 15 is 0 Å². The number of ether oxygens (including phenoxy) is 4. The molecule has 1 aliphatic carbocycles. The van der Waals surface area contributed by atoms with Gasteiger partial charge in [-0.05, 0) is 19.8 Å². The maximum atomic E-state index is 6.00. The average molecular weight is 266 g/mol. The fourth-order valence-corrected chi connectivity index (χ4v) is 3.93. The summed E-state index contributed by atoms with van der Waals surface area (Å²) in [5.74, 6) is 1.60. The molecule has 3 fully saturated rings. The molecule has 106 valence electrons. The van der Waals surface area contributed by atoms with E-state index in [0.29, 0.717) is 26.4 Å². The first-order valence-electron chi connectivity index (χ1n) is 7.17. The maximum absolute atomic E-state index is 6.00. The highest BCUT2D eigenvalue weighted by atomic mass is 16.8. The van der Waals surface area contributed by atoms with Gasteiger partial charge in [0.1, 0.15) is 0 Å². The normalized spacial score (nSPS) is 30.1. The van der Waals surface area contributed by atoms with Crippen LogP contribution in [0.5, 0.6) is 0 Å². The van der Waals surface area contributed by atoms with Gasteiger partial charge in [0.05, 0.1) is 31.8 Å². The number of rotatable bonds is 3. The van der Waals surface area contributed by atoms with Crippen LogP contribution in [0.4, 0.5) is 0 Å². The number of hydrogen-bond acceptors (Lipinski definition) is 4. The Labute approximate surface area is 114 Å². The standard InChI is InChI=1S/C15H22O4/c1-3-4-5-6-13(2)14(16-9-10-17-14)7-8-15(13)18-11-12-19-15/h1H,4-12H2,2H3. The molecule has 0 aromatic heterocycles. The molecule has 2 aliphatic heterocycles. The van der Waals surface area contributed by atoms with Gasteiger partial charge in [-0.15, -0.1) is 12.3 Å². The van der Waals surface area contributed by atoms with Crippen LogP contribution in [0, 0.1) is 17.8 Å². The highest BCUT2D eigenvalue weighted by Crippen LogP contribution is 2.62. The predicted octanol–water partition coefficient (Wildman–Crippen LogP) is 2.08. The van der Waals surface area contributed by atoms with E-state index in [-0.39, 0.29) is 5.41 Å². The summed E-state index contributed by atoms with van der Waals surface area (Å²) < 4.78 is 24.0. The van der Waals surface area contributed by atoms with E-state index in [2.05, 4.69) is 12.8 Å². The molecule has 0 radical (unpaired) electrons. The number of unbranched alkanes of at least 4 members (excludes halogenated alkanes) is 1. The minimum atomic E-state index is -0.550. The van der Waals surface area contributed by atoms with E-state index in [1.807, 2.05) is 0 Å². The van der Waals surface area contributed by atoms with Crippen molar-refractivity contribution in [2.24, 2.45) is 5.41 Å². The SMILES string of the molecule is C#CCCCC1(C)C2(CCC13OCCO3)OCCO2. The van der Waals surface area contributed by atoms with Gasteiger partial charge in [-0.25, -0.2) is 0 Å². The van der Waals surface area contributed by atoms with Crippen molar-refractivity contribution in [1.29, 1.82) is 0 Å². The Morgan fingerprint density at radius 3 is 1.84 bits per heavy atom. The smallest absolute Gasteiger partial charge is 0.179 e. The van der Waals surface area contributed by atoms with Gasteiger partial charge >= 0.3 is 0 Å². The van der Waals surface area contributed by atoms with Crippen molar-refractivity contribution >= 4 is 0 Å². The summed E-state index contributed by atoms with van der Waals surface area (Å²) in [7, 11) is 0. The molecule has 0 atom stereocenters. The lowest BCUT2D eigenvalue weighted by Gasteiger charge is -2.46. The van der Waals surface area contributed by atoms with Crippen LogP contribution in [0.3, 0.4) is 0 Å². The van der Waals surface area contributed by atoms with Crippen LogP contribution in [-0.2, 0) is 18.9 Å². The Balaban J connectivity index is 1.88. The van der Waals surface area contributed by atoms with Gasteiger partial charge in [0.25, 0.3) is 0 Å². The second-order valence-corrected chi connectivity index (χ2v) is 5.79. The summed E-state index contributed by atoms with van der Waals surface area (Å²) in [6.45, 7) is 4.79. The van der Waals surface area contributed by atoms with E-state index in [1.165, 1.54) is 0 Å². The fraction of sp³-hybridized carbons (Fsp3) is 0.867. The van der Waals surface area contributed by atoms with Crippen LogP contribution in [0.25, 0.3) is 0 Å². The van der Waals surface area contributed by atoms with Crippen LogP contribution in [0.2, 0.25) is 0 Å². The molecule has 2 spiro atoms. The molecule has 0 unspecified atom stereocenters. The maximum Gasteiger partial charge on any atom is 0.179 e. The molecule has 2 heterocycles. The minimum absolute atomic E-state index is 0.288. The number of hydrogen-bond donors (Lipinski definition) is 0. The summed E-state index contributed by atoms with van der Waals surface area (Å²) in [4.78, 5) is 0. The quantitative estimate of drug-likeness (QED) is 0.579. The Hall–Kier alpha value is -0.600. The van der Waals surface area contributed by atoms with Crippen molar-refractivity contribution in [2.45, 2.75) is 50.6 Å². The topological polar surface area (TPSA) is 36.9 Å². The molecule has 0 amide bonds. The first-order chi connectivity index (χ1) is 9.18. The lowest BCUT2D eigenvalue weighted by atomic mass is 9.75. The van der Waals surface area contributed by atoms with Crippen LogP contribution in [-0.4, -0.2) is 38.0 Å². The van der Waals surface area contributed by atoms with Gasteiger partial charge in [0, 0.05) is 19.3 Å². The lowest BCUT2D eigenvalue weighted by Crippen LogP contribution is -2.55. The largest absolute Gasteiger partial charge is 0.347 e. The molecule has 3 rings (SSSR count). The summed E-state index contributed by atoms with van der Waals surface area (Å²) in [6, 6.07) is 0. The van der Waals surface area contributed by atoms with Gasteiger partial charge in [-0.3, -0.25) is 0 Å². The van der Waals surface area contributed by atoms with Crippen molar-refractivity contribution in [3.05, 3.63) is 0 Å². The Kier molecular flexibility index (Phi) is 3.34. The summed E-state index contributed by atoms with van der Waals surface area (Å²) in [5, 5.41) is 0. The zero-order chi connectivity index (χ0) is 13.4. The summed E-state index contributed by atoms with van der Waals surface area (Å²) in [6.07, 6.45) is 9.64. The van der Waals surface area contributed by atoms with Crippen LogP contribution >= 0.6 is 0 Å². The molecule has 3 aliphatic rings. The molecular formula is C15H22O4. The Bertz CT molecular complexity index is 348. The molecule has 19 heavy (non-hydrogen) atoms. The molecule has 2 saturated heterocycles. The summed E-state index contributed by atoms with van der Waals surface area (Å²) in [5.41, 5.74) is -0.288. The first kappa shape index (κ1) is 13.4. The van der Waals surface area contributed by atoms with Gasteiger partial charge in [-0.1, -0.05) is 0 Å². The van der Waals surface area contributed by atoms with Crippen LogP contribution < -0.4 is 0 Å². The zero-order valence-corrected chi connectivity index (χ0v) is 11.6. The lowest BCUT2D eigenvalue weighted by molar-refractivity contribution is -0.302. The van der Waals surface area contributed by atoms with E-state index in [0.717, 1.165) is 32.1 Å². The second-order valence-electron chi connectivity index (χ2n) is 5.79. The van der Waals surface area contributed by atoms with Crippen LogP contribution in [0.15, 0.2) is 0 Å². The van der Waals surface area contributed by atoms with Crippen molar-refractivity contribution in [1.82, 2.24) is 0 Å². The van der Waals surface area contributed by atoms with E-state index in [9.17, 15) is 0 Å². The second kappa shape index (κ2) is 4.75. The monoisotopic (exact) mass is 266 g/mol. The molecule has 0 N–H and O–H groups in total. The van der Waals surface area contributed by atoms with E-state index < -0.39 is 11.6 Å².